The zero-order valence-electron chi connectivity index (χ0n) is 18.0. The number of hydrogen-bond acceptors (Lipinski definition) is 2. The van der Waals surface area contributed by atoms with Crippen LogP contribution >= 0.6 is 0 Å². The van der Waals surface area contributed by atoms with Crippen LogP contribution in [0.2, 0.25) is 0 Å². The van der Waals surface area contributed by atoms with Gasteiger partial charge in [0.1, 0.15) is 11.5 Å². The highest BCUT2D eigenvalue weighted by molar-refractivity contribution is 5.46. The third-order valence-corrected chi connectivity index (χ3v) is 7.14. The number of rotatable bonds is 3. The van der Waals surface area contributed by atoms with Gasteiger partial charge in [0.15, 0.2) is 11.2 Å². The van der Waals surface area contributed by atoms with Crippen LogP contribution in [0.3, 0.4) is 0 Å². The van der Waals surface area contributed by atoms with E-state index < -0.39 is 11.2 Å². The lowest BCUT2D eigenvalue weighted by molar-refractivity contribution is -0.151. The average molecular weight is 419 g/mol. The van der Waals surface area contributed by atoms with E-state index in [4.69, 9.17) is 9.47 Å². The van der Waals surface area contributed by atoms with E-state index in [1.165, 1.54) is 11.1 Å². The third kappa shape index (κ3) is 2.86. The van der Waals surface area contributed by atoms with E-state index in [1.807, 2.05) is 0 Å². The van der Waals surface area contributed by atoms with E-state index in [0.717, 1.165) is 48.3 Å². The normalized spacial score (nSPS) is 23.9. The SMILES string of the molecule is c1ccc(C2(C3(c4ccccc4)CCc4ccccc4O3)CCc3ccccc3O2)cc1. The molecule has 158 valence electrons. The molecule has 0 saturated heterocycles. The number of fused-ring (bicyclic) bond motifs is 2. The molecule has 2 atom stereocenters. The van der Waals surface area contributed by atoms with Crippen LogP contribution in [0.1, 0.15) is 35.1 Å². The van der Waals surface area contributed by atoms with Gasteiger partial charge in [0.25, 0.3) is 0 Å². The summed E-state index contributed by atoms with van der Waals surface area (Å²) in [6, 6.07) is 38.2. The molecule has 2 heteroatoms. The first-order valence-corrected chi connectivity index (χ1v) is 11.5. The van der Waals surface area contributed by atoms with Crippen LogP contribution in [0.5, 0.6) is 11.5 Å². The van der Waals surface area contributed by atoms with E-state index in [-0.39, 0.29) is 0 Å². The van der Waals surface area contributed by atoms with Gasteiger partial charge >= 0.3 is 0 Å². The molecule has 2 heterocycles. The van der Waals surface area contributed by atoms with E-state index >= 15 is 0 Å². The van der Waals surface area contributed by atoms with Crippen LogP contribution in [-0.2, 0) is 24.0 Å². The highest BCUT2D eigenvalue weighted by atomic mass is 16.6. The maximum absolute atomic E-state index is 7.09. The van der Waals surface area contributed by atoms with Crippen LogP contribution in [0.15, 0.2) is 109 Å². The first-order valence-electron chi connectivity index (χ1n) is 11.5. The Bertz CT molecular complexity index is 1130. The van der Waals surface area contributed by atoms with Crippen LogP contribution in [0.25, 0.3) is 0 Å². The lowest BCUT2D eigenvalue weighted by Gasteiger charge is -2.54. The first-order chi connectivity index (χ1) is 15.8. The Balaban J connectivity index is 1.61. The predicted octanol–water partition coefficient (Wildman–Crippen LogP) is 6.83. The van der Waals surface area contributed by atoms with Gasteiger partial charge in [-0.25, -0.2) is 0 Å². The van der Waals surface area contributed by atoms with E-state index in [9.17, 15) is 0 Å². The van der Waals surface area contributed by atoms with E-state index in [1.54, 1.807) is 0 Å². The Hall–Kier alpha value is -3.52. The zero-order valence-corrected chi connectivity index (χ0v) is 18.0. The second-order valence-electron chi connectivity index (χ2n) is 8.81. The van der Waals surface area contributed by atoms with Crippen molar-refractivity contribution in [2.24, 2.45) is 0 Å². The van der Waals surface area contributed by atoms with Crippen LogP contribution in [0.4, 0.5) is 0 Å². The number of benzene rings is 4. The Kier molecular flexibility index (Phi) is 4.53. The number of hydrogen-bond donors (Lipinski definition) is 0. The maximum atomic E-state index is 7.09. The summed E-state index contributed by atoms with van der Waals surface area (Å²) >= 11 is 0. The molecule has 0 fully saturated rings. The molecule has 0 amide bonds. The van der Waals surface area contributed by atoms with Crippen LogP contribution < -0.4 is 9.47 Å². The summed E-state index contributed by atoms with van der Waals surface area (Å²) in [6.07, 6.45) is 3.60. The van der Waals surface area contributed by atoms with E-state index in [2.05, 4.69) is 109 Å². The summed E-state index contributed by atoms with van der Waals surface area (Å²) in [5, 5.41) is 0. The van der Waals surface area contributed by atoms with Crippen molar-refractivity contribution in [2.45, 2.75) is 36.9 Å². The molecule has 2 unspecified atom stereocenters. The quantitative estimate of drug-likeness (QED) is 0.363. The van der Waals surface area contributed by atoms with Gasteiger partial charge in [-0.15, -0.1) is 0 Å². The summed E-state index contributed by atoms with van der Waals surface area (Å²) < 4.78 is 14.2. The standard InChI is InChI=1S/C30H26O2/c1-3-13-25(14-4-1)29(21-19-23-11-7-9-17-27(23)31-29)30(26-15-5-2-6-16-26)22-20-24-12-8-10-18-28(24)32-30/h1-18H,19-22H2. The van der Waals surface area contributed by atoms with Gasteiger partial charge in [-0.2, -0.15) is 0 Å². The molecule has 0 N–H and O–H groups in total. The molecule has 6 rings (SSSR count). The summed E-state index contributed by atoms with van der Waals surface area (Å²) in [4.78, 5) is 0. The molecule has 4 aromatic rings. The van der Waals surface area contributed by atoms with Gasteiger partial charge in [0.05, 0.1) is 0 Å². The molecule has 32 heavy (non-hydrogen) atoms. The summed E-state index contributed by atoms with van der Waals surface area (Å²) in [5.41, 5.74) is 3.57. The van der Waals surface area contributed by atoms with Crippen LogP contribution in [0, 0.1) is 0 Å². The molecule has 0 aromatic heterocycles. The van der Waals surface area contributed by atoms with Crippen molar-refractivity contribution < 1.29 is 9.47 Å². The summed E-state index contributed by atoms with van der Waals surface area (Å²) in [6.45, 7) is 0. The number of para-hydroxylation sites is 2. The van der Waals surface area contributed by atoms with Gasteiger partial charge in [-0.1, -0.05) is 97.1 Å². The Morgan fingerprint density at radius 1 is 0.438 bits per heavy atom. The number of aryl methyl sites for hydroxylation is 2. The topological polar surface area (TPSA) is 18.5 Å². The Morgan fingerprint density at radius 2 is 0.812 bits per heavy atom. The molecule has 0 aliphatic carbocycles. The fourth-order valence-electron chi connectivity index (χ4n) is 5.58. The van der Waals surface area contributed by atoms with Crippen molar-refractivity contribution >= 4 is 0 Å². The Morgan fingerprint density at radius 3 is 1.25 bits per heavy atom. The van der Waals surface area contributed by atoms with Gasteiger partial charge in [0, 0.05) is 0 Å². The second-order valence-corrected chi connectivity index (χ2v) is 8.81. The van der Waals surface area contributed by atoms with Gasteiger partial charge < -0.3 is 9.47 Å². The van der Waals surface area contributed by atoms with Crippen molar-refractivity contribution in [3.05, 3.63) is 131 Å². The average Bonchev–Trinajstić information content (AvgIpc) is 2.89. The third-order valence-electron chi connectivity index (χ3n) is 7.14. The smallest absolute Gasteiger partial charge is 0.178 e. The lowest BCUT2D eigenvalue weighted by Crippen LogP contribution is -2.59. The summed E-state index contributed by atoms with van der Waals surface area (Å²) in [7, 11) is 0. The minimum absolute atomic E-state index is 0.641. The lowest BCUT2D eigenvalue weighted by atomic mass is 9.66. The van der Waals surface area contributed by atoms with Gasteiger partial charge in [-0.3, -0.25) is 0 Å². The number of ether oxygens (including phenoxy) is 2. The highest BCUT2D eigenvalue weighted by Crippen LogP contribution is 2.56. The molecule has 2 aliphatic rings. The van der Waals surface area contributed by atoms with Gasteiger partial charge in [0.2, 0.25) is 0 Å². The fraction of sp³-hybridized carbons (Fsp3) is 0.200. The van der Waals surface area contributed by atoms with Crippen molar-refractivity contribution in [1.29, 1.82) is 0 Å². The van der Waals surface area contributed by atoms with Crippen molar-refractivity contribution in [1.82, 2.24) is 0 Å². The predicted molar refractivity (Wildman–Crippen MR) is 127 cm³/mol. The largest absolute Gasteiger partial charge is 0.478 e. The summed E-state index contributed by atoms with van der Waals surface area (Å²) in [5.74, 6) is 1.92. The zero-order chi connectivity index (χ0) is 21.4. The van der Waals surface area contributed by atoms with Gasteiger partial charge in [-0.05, 0) is 60.1 Å². The monoisotopic (exact) mass is 418 g/mol. The molecule has 4 aromatic carbocycles. The van der Waals surface area contributed by atoms with Crippen molar-refractivity contribution in [3.8, 4) is 11.5 Å². The second kappa shape index (κ2) is 7.56. The Labute approximate surface area is 189 Å². The molecule has 0 bridgehead atoms. The molecular weight excluding hydrogens is 392 g/mol. The molecule has 0 spiro atoms. The fourth-order valence-corrected chi connectivity index (χ4v) is 5.58. The minimum atomic E-state index is -0.641. The molecule has 2 aliphatic heterocycles. The molecule has 2 nitrogen and oxygen atoms in total. The van der Waals surface area contributed by atoms with Crippen molar-refractivity contribution in [2.75, 3.05) is 0 Å². The van der Waals surface area contributed by atoms with E-state index in [0.29, 0.717) is 0 Å². The highest BCUT2D eigenvalue weighted by Gasteiger charge is 2.60. The maximum Gasteiger partial charge on any atom is 0.178 e. The molecular formula is C30H26O2. The minimum Gasteiger partial charge on any atom is -0.478 e. The molecule has 0 radical (unpaired) electrons. The van der Waals surface area contributed by atoms with Crippen LogP contribution in [-0.4, -0.2) is 0 Å². The van der Waals surface area contributed by atoms with Crippen molar-refractivity contribution in [3.63, 3.8) is 0 Å². The first kappa shape index (κ1) is 19.2. The molecule has 0 saturated carbocycles.